The highest BCUT2D eigenvalue weighted by Gasteiger charge is 2.18. The van der Waals surface area contributed by atoms with Gasteiger partial charge in [0.15, 0.2) is 0 Å². The summed E-state index contributed by atoms with van der Waals surface area (Å²) < 4.78 is 28.6. The number of benzene rings is 1. The SMILES string of the molecule is CNCc1sc(S(=O)(=O)NCc2ccc(Br)cc2)cc1C. The van der Waals surface area contributed by atoms with Crippen molar-refractivity contribution in [2.45, 2.75) is 24.2 Å². The first-order chi connectivity index (χ1) is 9.92. The Labute approximate surface area is 137 Å². The first-order valence-electron chi connectivity index (χ1n) is 6.40. The highest BCUT2D eigenvalue weighted by Crippen LogP contribution is 2.26. The maximum Gasteiger partial charge on any atom is 0.250 e. The van der Waals surface area contributed by atoms with Crippen LogP contribution in [0, 0.1) is 6.92 Å². The van der Waals surface area contributed by atoms with E-state index in [0.717, 1.165) is 20.5 Å². The molecule has 0 aliphatic rings. The van der Waals surface area contributed by atoms with Crippen LogP contribution in [0.3, 0.4) is 0 Å². The first kappa shape index (κ1) is 16.6. The molecule has 7 heteroatoms. The predicted octanol–water partition coefficient (Wildman–Crippen LogP) is 3.02. The number of thiophene rings is 1. The molecule has 0 amide bonds. The lowest BCUT2D eigenvalue weighted by Gasteiger charge is -2.05. The summed E-state index contributed by atoms with van der Waals surface area (Å²) >= 11 is 4.66. The molecule has 0 unspecified atom stereocenters. The monoisotopic (exact) mass is 388 g/mol. The minimum atomic E-state index is -3.46. The molecule has 0 aliphatic carbocycles. The Morgan fingerprint density at radius 1 is 1.19 bits per heavy atom. The normalized spacial score (nSPS) is 11.8. The van der Waals surface area contributed by atoms with Gasteiger partial charge in [-0.3, -0.25) is 0 Å². The Bertz CT molecular complexity index is 709. The Morgan fingerprint density at radius 2 is 1.86 bits per heavy atom. The van der Waals surface area contributed by atoms with E-state index in [-0.39, 0.29) is 6.54 Å². The smallest absolute Gasteiger partial charge is 0.250 e. The Balaban J connectivity index is 2.11. The van der Waals surface area contributed by atoms with E-state index in [4.69, 9.17) is 0 Å². The highest BCUT2D eigenvalue weighted by molar-refractivity contribution is 9.10. The summed E-state index contributed by atoms with van der Waals surface area (Å²) in [4.78, 5) is 1.04. The van der Waals surface area contributed by atoms with Crippen LogP contribution in [-0.4, -0.2) is 15.5 Å². The fraction of sp³-hybridized carbons (Fsp3) is 0.286. The second-order valence-corrected chi connectivity index (χ2v) is 8.70. The second kappa shape index (κ2) is 7.02. The number of hydrogen-bond donors (Lipinski definition) is 2. The molecule has 0 saturated carbocycles. The topological polar surface area (TPSA) is 58.2 Å². The van der Waals surface area contributed by atoms with Gasteiger partial charge in [0.1, 0.15) is 4.21 Å². The highest BCUT2D eigenvalue weighted by atomic mass is 79.9. The van der Waals surface area contributed by atoms with E-state index in [0.29, 0.717) is 10.8 Å². The van der Waals surface area contributed by atoms with Crippen molar-refractivity contribution in [1.29, 1.82) is 0 Å². The Kier molecular flexibility index (Phi) is 5.56. The van der Waals surface area contributed by atoms with E-state index in [1.54, 1.807) is 6.07 Å². The Hall–Kier alpha value is -0.730. The van der Waals surface area contributed by atoms with E-state index in [2.05, 4.69) is 26.0 Å². The summed E-state index contributed by atoms with van der Waals surface area (Å²) in [5.41, 5.74) is 1.92. The molecule has 2 aromatic rings. The zero-order chi connectivity index (χ0) is 15.5. The van der Waals surface area contributed by atoms with E-state index in [9.17, 15) is 8.42 Å². The molecule has 1 aromatic carbocycles. The molecule has 1 aromatic heterocycles. The molecular weight excluding hydrogens is 372 g/mol. The maximum absolute atomic E-state index is 12.3. The zero-order valence-corrected chi connectivity index (χ0v) is 15.0. The van der Waals surface area contributed by atoms with Crippen LogP contribution in [0.25, 0.3) is 0 Å². The van der Waals surface area contributed by atoms with Crippen molar-refractivity contribution in [2.24, 2.45) is 0 Å². The van der Waals surface area contributed by atoms with Gasteiger partial charge in [-0.1, -0.05) is 28.1 Å². The largest absolute Gasteiger partial charge is 0.315 e. The molecule has 0 spiro atoms. The fourth-order valence-corrected chi connectivity index (χ4v) is 4.74. The van der Waals surface area contributed by atoms with Gasteiger partial charge >= 0.3 is 0 Å². The molecule has 0 saturated heterocycles. The summed E-state index contributed by atoms with van der Waals surface area (Å²) in [5, 5.41) is 3.04. The second-order valence-electron chi connectivity index (χ2n) is 4.65. The summed E-state index contributed by atoms with van der Waals surface area (Å²) in [6.07, 6.45) is 0. The van der Waals surface area contributed by atoms with E-state index in [1.807, 2.05) is 38.2 Å². The molecular formula is C14H17BrN2O2S2. The number of halogens is 1. The number of nitrogens with one attached hydrogen (secondary N) is 2. The van der Waals surface area contributed by atoms with Gasteiger partial charge in [0, 0.05) is 22.4 Å². The van der Waals surface area contributed by atoms with Crippen LogP contribution in [0.1, 0.15) is 16.0 Å². The minimum absolute atomic E-state index is 0.286. The molecule has 2 rings (SSSR count). The minimum Gasteiger partial charge on any atom is -0.315 e. The van der Waals surface area contributed by atoms with Crippen molar-refractivity contribution < 1.29 is 8.42 Å². The molecule has 2 N–H and O–H groups in total. The summed E-state index contributed by atoms with van der Waals surface area (Å²) in [5.74, 6) is 0. The van der Waals surface area contributed by atoms with Gasteiger partial charge in [-0.2, -0.15) is 0 Å². The molecule has 0 fully saturated rings. The zero-order valence-electron chi connectivity index (χ0n) is 11.8. The lowest BCUT2D eigenvalue weighted by molar-refractivity contribution is 0.583. The molecule has 0 aliphatic heterocycles. The van der Waals surface area contributed by atoms with Crippen molar-refractivity contribution in [3.8, 4) is 0 Å². The lowest BCUT2D eigenvalue weighted by Crippen LogP contribution is -2.22. The van der Waals surface area contributed by atoms with Crippen molar-refractivity contribution in [3.05, 3.63) is 50.8 Å². The summed E-state index contributed by atoms with van der Waals surface area (Å²) in [7, 11) is -1.61. The number of rotatable bonds is 6. The van der Waals surface area contributed by atoms with Crippen LogP contribution in [0.4, 0.5) is 0 Å². The van der Waals surface area contributed by atoms with E-state index in [1.165, 1.54) is 11.3 Å². The van der Waals surface area contributed by atoms with Crippen LogP contribution in [0.5, 0.6) is 0 Å². The van der Waals surface area contributed by atoms with Crippen LogP contribution in [0.15, 0.2) is 39.0 Å². The van der Waals surface area contributed by atoms with Crippen LogP contribution in [0.2, 0.25) is 0 Å². The van der Waals surface area contributed by atoms with Gasteiger partial charge in [0.2, 0.25) is 10.0 Å². The molecule has 0 radical (unpaired) electrons. The summed E-state index contributed by atoms with van der Waals surface area (Å²) in [6, 6.07) is 9.28. The van der Waals surface area contributed by atoms with Gasteiger partial charge in [-0.25, -0.2) is 13.1 Å². The van der Waals surface area contributed by atoms with Crippen molar-refractivity contribution in [1.82, 2.24) is 10.0 Å². The number of sulfonamides is 1. The first-order valence-corrected chi connectivity index (χ1v) is 9.49. The van der Waals surface area contributed by atoms with Gasteiger partial charge in [0.05, 0.1) is 0 Å². The van der Waals surface area contributed by atoms with Crippen LogP contribution < -0.4 is 10.0 Å². The molecule has 4 nitrogen and oxygen atoms in total. The van der Waals surface area contributed by atoms with Gasteiger partial charge in [-0.15, -0.1) is 11.3 Å². The van der Waals surface area contributed by atoms with Crippen molar-refractivity contribution in [2.75, 3.05) is 7.05 Å². The Morgan fingerprint density at radius 3 is 2.48 bits per heavy atom. The molecule has 0 bridgehead atoms. The molecule has 114 valence electrons. The fourth-order valence-electron chi connectivity index (χ4n) is 1.81. The number of aryl methyl sites for hydroxylation is 1. The average molecular weight is 389 g/mol. The molecule has 0 atom stereocenters. The predicted molar refractivity (Wildman–Crippen MR) is 90.0 cm³/mol. The number of hydrogen-bond acceptors (Lipinski definition) is 4. The van der Waals surface area contributed by atoms with Crippen LogP contribution in [-0.2, 0) is 23.1 Å². The molecule has 1 heterocycles. The van der Waals surface area contributed by atoms with Gasteiger partial charge in [0.25, 0.3) is 0 Å². The van der Waals surface area contributed by atoms with Crippen molar-refractivity contribution in [3.63, 3.8) is 0 Å². The maximum atomic E-state index is 12.3. The lowest BCUT2D eigenvalue weighted by atomic mass is 10.2. The van der Waals surface area contributed by atoms with E-state index < -0.39 is 10.0 Å². The third-order valence-electron chi connectivity index (χ3n) is 2.98. The quantitative estimate of drug-likeness (QED) is 0.799. The third kappa shape index (κ3) is 4.37. The summed E-state index contributed by atoms with van der Waals surface area (Å²) in [6.45, 7) is 2.89. The standard InChI is InChI=1S/C14H17BrN2O2S2/c1-10-7-14(20-13(10)9-16-2)21(18,19)17-8-11-3-5-12(15)6-4-11/h3-7,16-17H,8-9H2,1-2H3. The van der Waals surface area contributed by atoms with E-state index >= 15 is 0 Å². The van der Waals surface area contributed by atoms with Crippen molar-refractivity contribution >= 4 is 37.3 Å². The molecule has 21 heavy (non-hydrogen) atoms. The van der Waals surface area contributed by atoms with Gasteiger partial charge < -0.3 is 5.32 Å². The average Bonchev–Trinajstić information content (AvgIpc) is 2.81. The van der Waals surface area contributed by atoms with Gasteiger partial charge in [-0.05, 0) is 43.3 Å². The third-order valence-corrected chi connectivity index (χ3v) is 6.62. The van der Waals surface area contributed by atoms with Crippen LogP contribution >= 0.6 is 27.3 Å².